The molecule has 2 aromatic rings. The van der Waals surface area contributed by atoms with Gasteiger partial charge in [-0.1, -0.05) is 0 Å². The maximum Gasteiger partial charge on any atom is 0.120 e. The van der Waals surface area contributed by atoms with E-state index < -0.39 is 0 Å². The second-order valence-electron chi connectivity index (χ2n) is 5.79. The lowest BCUT2D eigenvalue weighted by molar-refractivity contribution is -0.112. The summed E-state index contributed by atoms with van der Waals surface area (Å²) in [6.07, 6.45) is 5.05. The molecular formula is C16H19NO3. The van der Waals surface area contributed by atoms with E-state index in [9.17, 15) is 0 Å². The van der Waals surface area contributed by atoms with Crippen molar-refractivity contribution in [2.75, 3.05) is 19.8 Å². The highest BCUT2D eigenvalue weighted by molar-refractivity contribution is 5.80. The molecule has 2 aliphatic rings. The average Bonchev–Trinajstić information content (AvgIpc) is 3.08. The molecule has 2 saturated heterocycles. The molecule has 0 aliphatic carbocycles. The molecule has 0 saturated carbocycles. The third-order valence-corrected chi connectivity index (χ3v) is 4.34. The van der Waals surface area contributed by atoms with Crippen molar-refractivity contribution in [2.24, 2.45) is 0 Å². The molecule has 106 valence electrons. The molecule has 2 unspecified atom stereocenters. The topological polar surface area (TPSA) is 43.5 Å². The van der Waals surface area contributed by atoms with Gasteiger partial charge in [0.2, 0.25) is 0 Å². The van der Waals surface area contributed by atoms with Crippen molar-refractivity contribution >= 4 is 10.9 Å². The number of H-pyrrole nitrogens is 1. The maximum atomic E-state index is 6.17. The van der Waals surface area contributed by atoms with Crippen molar-refractivity contribution in [2.45, 2.75) is 31.0 Å². The summed E-state index contributed by atoms with van der Waals surface area (Å²) in [6, 6.07) is 8.27. The minimum Gasteiger partial charge on any atom is -0.490 e. The highest BCUT2D eigenvalue weighted by atomic mass is 16.6. The SMILES string of the molecule is c1cc2cc(OC3CCOC4(CCOC4)C3)ccc2[nH]1. The maximum absolute atomic E-state index is 6.17. The van der Waals surface area contributed by atoms with Gasteiger partial charge in [-0.2, -0.15) is 0 Å². The first-order valence-corrected chi connectivity index (χ1v) is 7.29. The van der Waals surface area contributed by atoms with Gasteiger partial charge in [-0.05, 0) is 24.3 Å². The number of hydrogen-bond acceptors (Lipinski definition) is 3. The largest absolute Gasteiger partial charge is 0.490 e. The molecule has 0 amide bonds. The van der Waals surface area contributed by atoms with Gasteiger partial charge in [0.1, 0.15) is 11.9 Å². The Kier molecular flexibility index (Phi) is 2.93. The number of aromatic nitrogens is 1. The zero-order valence-electron chi connectivity index (χ0n) is 11.4. The molecule has 2 atom stereocenters. The molecule has 1 spiro atoms. The Morgan fingerprint density at radius 3 is 3.15 bits per heavy atom. The smallest absolute Gasteiger partial charge is 0.120 e. The molecule has 1 aromatic carbocycles. The number of hydrogen-bond donors (Lipinski definition) is 1. The van der Waals surface area contributed by atoms with Gasteiger partial charge >= 0.3 is 0 Å². The Bertz CT molecular complexity index is 601. The summed E-state index contributed by atoms with van der Waals surface area (Å²) in [6.45, 7) is 2.28. The van der Waals surface area contributed by atoms with Gasteiger partial charge in [0, 0.05) is 43.0 Å². The Balaban J connectivity index is 1.50. The van der Waals surface area contributed by atoms with E-state index >= 15 is 0 Å². The summed E-state index contributed by atoms with van der Waals surface area (Å²) < 4.78 is 17.6. The first kappa shape index (κ1) is 12.2. The summed E-state index contributed by atoms with van der Waals surface area (Å²) in [4.78, 5) is 3.20. The van der Waals surface area contributed by atoms with Gasteiger partial charge in [-0.15, -0.1) is 0 Å². The lowest BCUT2D eigenvalue weighted by Gasteiger charge is -2.37. The molecule has 20 heavy (non-hydrogen) atoms. The van der Waals surface area contributed by atoms with E-state index in [0.717, 1.165) is 43.7 Å². The summed E-state index contributed by atoms with van der Waals surface area (Å²) in [5.41, 5.74) is 1.05. The second kappa shape index (κ2) is 4.79. The molecule has 0 bridgehead atoms. The van der Waals surface area contributed by atoms with Crippen LogP contribution in [-0.4, -0.2) is 36.5 Å². The predicted molar refractivity (Wildman–Crippen MR) is 76.1 cm³/mol. The lowest BCUT2D eigenvalue weighted by Crippen LogP contribution is -2.44. The fourth-order valence-electron chi connectivity index (χ4n) is 3.24. The van der Waals surface area contributed by atoms with Crippen LogP contribution in [0.25, 0.3) is 10.9 Å². The van der Waals surface area contributed by atoms with Crippen LogP contribution in [0.1, 0.15) is 19.3 Å². The molecule has 4 heteroatoms. The Hall–Kier alpha value is -1.52. The monoisotopic (exact) mass is 273 g/mol. The van der Waals surface area contributed by atoms with Gasteiger partial charge in [-0.25, -0.2) is 0 Å². The highest BCUT2D eigenvalue weighted by Crippen LogP contribution is 2.34. The fraction of sp³-hybridized carbons (Fsp3) is 0.500. The lowest BCUT2D eigenvalue weighted by atomic mass is 9.91. The van der Waals surface area contributed by atoms with Gasteiger partial charge in [-0.3, -0.25) is 0 Å². The highest BCUT2D eigenvalue weighted by Gasteiger charge is 2.41. The quantitative estimate of drug-likeness (QED) is 0.915. The van der Waals surface area contributed by atoms with E-state index in [1.807, 2.05) is 12.3 Å². The van der Waals surface area contributed by atoms with E-state index in [0.29, 0.717) is 6.61 Å². The molecule has 4 nitrogen and oxygen atoms in total. The number of aromatic amines is 1. The third-order valence-electron chi connectivity index (χ3n) is 4.34. The first-order chi connectivity index (χ1) is 9.83. The summed E-state index contributed by atoms with van der Waals surface area (Å²) in [5.74, 6) is 0.943. The molecule has 2 aliphatic heterocycles. The molecule has 3 heterocycles. The van der Waals surface area contributed by atoms with Crippen LogP contribution in [0.5, 0.6) is 5.75 Å². The van der Waals surface area contributed by atoms with E-state index in [4.69, 9.17) is 14.2 Å². The van der Waals surface area contributed by atoms with E-state index in [-0.39, 0.29) is 11.7 Å². The first-order valence-electron chi connectivity index (χ1n) is 7.29. The van der Waals surface area contributed by atoms with Crippen molar-refractivity contribution in [3.8, 4) is 5.75 Å². The van der Waals surface area contributed by atoms with Crippen LogP contribution in [0.3, 0.4) is 0 Å². The molecule has 1 aromatic heterocycles. The van der Waals surface area contributed by atoms with Crippen LogP contribution < -0.4 is 4.74 Å². The van der Waals surface area contributed by atoms with Crippen LogP contribution in [0.4, 0.5) is 0 Å². The zero-order chi connectivity index (χ0) is 13.4. The van der Waals surface area contributed by atoms with Gasteiger partial charge < -0.3 is 19.2 Å². The van der Waals surface area contributed by atoms with Crippen LogP contribution >= 0.6 is 0 Å². The molecular weight excluding hydrogens is 254 g/mol. The number of ether oxygens (including phenoxy) is 3. The Morgan fingerprint density at radius 2 is 2.25 bits per heavy atom. The molecule has 1 N–H and O–H groups in total. The summed E-state index contributed by atoms with van der Waals surface area (Å²) >= 11 is 0. The van der Waals surface area contributed by atoms with Crippen LogP contribution in [0.15, 0.2) is 30.5 Å². The van der Waals surface area contributed by atoms with Crippen molar-refractivity contribution in [1.29, 1.82) is 0 Å². The number of rotatable bonds is 2. The van der Waals surface area contributed by atoms with Crippen molar-refractivity contribution in [3.05, 3.63) is 30.5 Å². The van der Waals surface area contributed by atoms with Crippen molar-refractivity contribution in [3.63, 3.8) is 0 Å². The van der Waals surface area contributed by atoms with E-state index in [1.54, 1.807) is 0 Å². The third kappa shape index (κ3) is 2.19. The Labute approximate surface area is 118 Å². The van der Waals surface area contributed by atoms with Crippen LogP contribution in [0, 0.1) is 0 Å². The predicted octanol–water partition coefficient (Wildman–Crippen LogP) is 2.88. The fourth-order valence-corrected chi connectivity index (χ4v) is 3.24. The number of benzene rings is 1. The average molecular weight is 273 g/mol. The van der Waals surface area contributed by atoms with Gasteiger partial charge in [0.25, 0.3) is 0 Å². The van der Waals surface area contributed by atoms with Crippen LogP contribution in [0.2, 0.25) is 0 Å². The summed E-state index contributed by atoms with van der Waals surface area (Å²) in [7, 11) is 0. The van der Waals surface area contributed by atoms with E-state index in [2.05, 4.69) is 23.2 Å². The van der Waals surface area contributed by atoms with Gasteiger partial charge in [0.15, 0.2) is 0 Å². The molecule has 2 fully saturated rings. The standard InChI is InChI=1S/C16H19NO3/c1-2-15-12(3-6-17-15)9-13(1)20-14-4-7-19-16(10-14)5-8-18-11-16/h1-3,6,9,14,17H,4-5,7-8,10-11H2. The summed E-state index contributed by atoms with van der Waals surface area (Å²) in [5, 5.41) is 1.19. The van der Waals surface area contributed by atoms with Crippen molar-refractivity contribution < 1.29 is 14.2 Å². The molecule has 0 radical (unpaired) electrons. The number of fused-ring (bicyclic) bond motifs is 1. The zero-order valence-corrected chi connectivity index (χ0v) is 11.4. The Morgan fingerprint density at radius 1 is 1.25 bits per heavy atom. The van der Waals surface area contributed by atoms with Crippen molar-refractivity contribution in [1.82, 2.24) is 4.98 Å². The minimum atomic E-state index is -0.0961. The van der Waals surface area contributed by atoms with E-state index in [1.165, 1.54) is 5.39 Å². The normalized spacial score (nSPS) is 30.1. The minimum absolute atomic E-state index is 0.0961. The van der Waals surface area contributed by atoms with Gasteiger partial charge in [0.05, 0.1) is 18.8 Å². The molecule has 4 rings (SSSR count). The second-order valence-corrected chi connectivity index (χ2v) is 5.79. The van der Waals surface area contributed by atoms with Crippen LogP contribution in [-0.2, 0) is 9.47 Å². The number of nitrogens with one attached hydrogen (secondary N) is 1.